The summed E-state index contributed by atoms with van der Waals surface area (Å²) in [6.07, 6.45) is 0. The minimum atomic E-state index is -0.312. The van der Waals surface area contributed by atoms with Gasteiger partial charge in [0.2, 0.25) is 0 Å². The summed E-state index contributed by atoms with van der Waals surface area (Å²) in [6, 6.07) is 13.5. The van der Waals surface area contributed by atoms with E-state index in [4.69, 9.17) is 11.6 Å². The minimum Gasteiger partial charge on any atom is -0.267 e. The number of aryl methyl sites for hydroxylation is 1. The van der Waals surface area contributed by atoms with Gasteiger partial charge in [-0.3, -0.25) is 4.79 Å². The quantitative estimate of drug-likeness (QED) is 0.627. The summed E-state index contributed by atoms with van der Waals surface area (Å²) in [4.78, 5) is 12.2. The Morgan fingerprint density at radius 1 is 1.13 bits per heavy atom. The normalized spacial score (nSPS) is 11.7. The maximum Gasteiger partial charge on any atom is 0.272 e. The number of hydrazone groups is 1. The molecule has 0 radical (unpaired) electrons. The monoisotopic (exact) mass is 328 g/mol. The van der Waals surface area contributed by atoms with E-state index in [-0.39, 0.29) is 5.91 Å². The fourth-order valence-corrected chi connectivity index (χ4v) is 2.49. The summed E-state index contributed by atoms with van der Waals surface area (Å²) in [5, 5.41) is 4.59. The van der Waals surface area contributed by atoms with E-state index < -0.39 is 0 Å². The molecule has 23 heavy (non-hydrogen) atoms. The van der Waals surface area contributed by atoms with Crippen molar-refractivity contribution >= 4 is 23.2 Å². The molecule has 0 atom stereocenters. The Hall–Kier alpha value is -2.13. The van der Waals surface area contributed by atoms with Gasteiger partial charge in [0.15, 0.2) is 0 Å². The predicted molar refractivity (Wildman–Crippen MR) is 96.4 cm³/mol. The van der Waals surface area contributed by atoms with Crippen molar-refractivity contribution in [2.24, 2.45) is 5.10 Å². The summed E-state index contributed by atoms with van der Waals surface area (Å²) in [6.45, 7) is 8.10. The van der Waals surface area contributed by atoms with Gasteiger partial charge >= 0.3 is 0 Å². The highest BCUT2D eigenvalue weighted by atomic mass is 35.5. The number of hydrogen-bond donors (Lipinski definition) is 1. The molecule has 0 saturated heterocycles. The fourth-order valence-electron chi connectivity index (χ4n) is 2.17. The van der Waals surface area contributed by atoms with Crippen LogP contribution in [0.3, 0.4) is 0 Å². The Kier molecular flexibility index (Phi) is 5.56. The van der Waals surface area contributed by atoms with Crippen molar-refractivity contribution in [3.05, 3.63) is 69.7 Å². The van der Waals surface area contributed by atoms with Crippen LogP contribution < -0.4 is 5.43 Å². The van der Waals surface area contributed by atoms with E-state index in [1.807, 2.05) is 32.0 Å². The molecule has 0 heterocycles. The highest BCUT2D eigenvalue weighted by molar-refractivity contribution is 6.33. The van der Waals surface area contributed by atoms with Gasteiger partial charge in [0.25, 0.3) is 5.91 Å². The Morgan fingerprint density at radius 3 is 2.35 bits per heavy atom. The molecule has 3 nitrogen and oxygen atoms in total. The molecule has 2 aromatic carbocycles. The standard InChI is InChI=1S/C19H21ClN2O/c1-12(2)15-6-8-16(9-7-15)14(4)21-22-19(23)17-10-5-13(3)11-18(17)20/h5-12H,1-4H3,(H,22,23)/b21-14-. The lowest BCUT2D eigenvalue weighted by Gasteiger charge is -2.07. The third-order valence-electron chi connectivity index (χ3n) is 3.69. The number of nitrogens with one attached hydrogen (secondary N) is 1. The average Bonchev–Trinajstić information content (AvgIpc) is 2.52. The van der Waals surface area contributed by atoms with E-state index in [2.05, 4.69) is 36.5 Å². The zero-order valence-electron chi connectivity index (χ0n) is 13.9. The van der Waals surface area contributed by atoms with Gasteiger partial charge in [0, 0.05) is 0 Å². The van der Waals surface area contributed by atoms with E-state index in [1.54, 1.807) is 12.1 Å². The van der Waals surface area contributed by atoms with Crippen LogP contribution in [0.5, 0.6) is 0 Å². The first-order valence-corrected chi connectivity index (χ1v) is 7.97. The molecule has 0 spiro atoms. The van der Waals surface area contributed by atoms with Crippen LogP contribution >= 0.6 is 11.6 Å². The van der Waals surface area contributed by atoms with Crippen LogP contribution in [-0.4, -0.2) is 11.6 Å². The Balaban J connectivity index is 2.10. The van der Waals surface area contributed by atoms with Gasteiger partial charge in [0.05, 0.1) is 16.3 Å². The first-order valence-electron chi connectivity index (χ1n) is 7.59. The molecule has 0 unspecified atom stereocenters. The van der Waals surface area contributed by atoms with Crippen molar-refractivity contribution < 1.29 is 4.79 Å². The molecule has 0 bridgehead atoms. The smallest absolute Gasteiger partial charge is 0.267 e. The number of rotatable bonds is 4. The molecular weight excluding hydrogens is 308 g/mol. The molecule has 0 aromatic heterocycles. The summed E-state index contributed by atoms with van der Waals surface area (Å²) in [5.41, 5.74) is 6.99. The van der Waals surface area contributed by atoms with Crippen molar-refractivity contribution in [2.75, 3.05) is 0 Å². The highest BCUT2D eigenvalue weighted by Gasteiger charge is 2.10. The molecule has 1 N–H and O–H groups in total. The van der Waals surface area contributed by atoms with E-state index in [1.165, 1.54) is 5.56 Å². The molecule has 2 aromatic rings. The average molecular weight is 329 g/mol. The largest absolute Gasteiger partial charge is 0.272 e. The number of benzene rings is 2. The van der Waals surface area contributed by atoms with Crippen LogP contribution in [0.1, 0.15) is 53.7 Å². The molecular formula is C19H21ClN2O. The molecule has 2 rings (SSSR count). The van der Waals surface area contributed by atoms with Crippen molar-refractivity contribution in [3.8, 4) is 0 Å². The van der Waals surface area contributed by atoms with Crippen LogP contribution in [0.25, 0.3) is 0 Å². The van der Waals surface area contributed by atoms with Crippen molar-refractivity contribution in [1.29, 1.82) is 0 Å². The molecule has 0 aliphatic heterocycles. The van der Waals surface area contributed by atoms with Crippen molar-refractivity contribution in [2.45, 2.75) is 33.6 Å². The predicted octanol–water partition coefficient (Wildman–Crippen LogP) is 4.93. The molecule has 1 amide bonds. The molecule has 0 aliphatic carbocycles. The molecule has 0 aliphatic rings. The number of hydrogen-bond acceptors (Lipinski definition) is 2. The molecule has 0 saturated carbocycles. The SMILES string of the molecule is C/C(=N/NC(=O)c1ccc(C)cc1Cl)c1ccc(C(C)C)cc1. The van der Waals surface area contributed by atoms with Crippen molar-refractivity contribution in [3.63, 3.8) is 0 Å². The zero-order valence-corrected chi connectivity index (χ0v) is 14.6. The summed E-state index contributed by atoms with van der Waals surface area (Å²) >= 11 is 6.09. The number of nitrogens with zero attached hydrogens (tertiary/aromatic N) is 1. The number of carbonyl (C=O) groups is 1. The van der Waals surface area contributed by atoms with Crippen LogP contribution in [0.2, 0.25) is 5.02 Å². The maximum absolute atomic E-state index is 12.2. The second kappa shape index (κ2) is 7.42. The second-order valence-corrected chi connectivity index (χ2v) is 6.31. The molecule has 4 heteroatoms. The topological polar surface area (TPSA) is 41.5 Å². The van der Waals surface area contributed by atoms with Gasteiger partial charge in [-0.1, -0.05) is 55.8 Å². The molecule has 0 fully saturated rings. The van der Waals surface area contributed by atoms with Gasteiger partial charge in [-0.05, 0) is 48.6 Å². The number of halogens is 1. The van der Waals surface area contributed by atoms with Gasteiger partial charge in [-0.15, -0.1) is 0 Å². The third-order valence-corrected chi connectivity index (χ3v) is 4.00. The van der Waals surface area contributed by atoms with Gasteiger partial charge in [-0.2, -0.15) is 5.10 Å². The number of carbonyl (C=O) groups excluding carboxylic acids is 1. The number of amides is 1. The third kappa shape index (κ3) is 4.42. The summed E-state index contributed by atoms with van der Waals surface area (Å²) in [7, 11) is 0. The van der Waals surface area contributed by atoms with Crippen LogP contribution in [0.15, 0.2) is 47.6 Å². The lowest BCUT2D eigenvalue weighted by molar-refractivity contribution is 0.0955. The van der Waals surface area contributed by atoms with Crippen LogP contribution in [0.4, 0.5) is 0 Å². The summed E-state index contributed by atoms with van der Waals surface area (Å²) < 4.78 is 0. The Bertz CT molecular complexity index is 734. The van der Waals surface area contributed by atoms with E-state index in [9.17, 15) is 4.79 Å². The maximum atomic E-state index is 12.2. The van der Waals surface area contributed by atoms with E-state index in [0.717, 1.165) is 16.8 Å². The Labute approximate surface area is 142 Å². The van der Waals surface area contributed by atoms with E-state index in [0.29, 0.717) is 16.5 Å². The Morgan fingerprint density at radius 2 is 1.78 bits per heavy atom. The first-order chi connectivity index (χ1) is 10.9. The van der Waals surface area contributed by atoms with Crippen LogP contribution in [-0.2, 0) is 0 Å². The minimum absolute atomic E-state index is 0.312. The second-order valence-electron chi connectivity index (χ2n) is 5.90. The van der Waals surface area contributed by atoms with Gasteiger partial charge < -0.3 is 0 Å². The lowest BCUT2D eigenvalue weighted by atomic mass is 10.0. The van der Waals surface area contributed by atoms with E-state index >= 15 is 0 Å². The lowest BCUT2D eigenvalue weighted by Crippen LogP contribution is -2.19. The zero-order chi connectivity index (χ0) is 17.0. The van der Waals surface area contributed by atoms with Crippen molar-refractivity contribution in [1.82, 2.24) is 5.43 Å². The first kappa shape index (κ1) is 17.2. The van der Waals surface area contributed by atoms with Gasteiger partial charge in [-0.25, -0.2) is 5.43 Å². The molecule has 120 valence electrons. The van der Waals surface area contributed by atoms with Crippen LogP contribution in [0, 0.1) is 6.92 Å². The van der Waals surface area contributed by atoms with Gasteiger partial charge in [0.1, 0.15) is 0 Å². The fraction of sp³-hybridized carbons (Fsp3) is 0.263. The summed E-state index contributed by atoms with van der Waals surface area (Å²) in [5.74, 6) is 0.179. The highest BCUT2D eigenvalue weighted by Crippen LogP contribution is 2.18.